The maximum absolute atomic E-state index is 8.65. The van der Waals surface area contributed by atoms with Crippen LogP contribution in [0.15, 0.2) is 60.7 Å². The van der Waals surface area contributed by atoms with E-state index in [0.717, 1.165) is 33.9 Å². The van der Waals surface area contributed by atoms with Crippen LogP contribution in [0.1, 0.15) is 11.1 Å². The average Bonchev–Trinajstić information content (AvgIpc) is 2.59. The van der Waals surface area contributed by atoms with Gasteiger partial charge in [0.05, 0.1) is 0 Å². The van der Waals surface area contributed by atoms with Gasteiger partial charge in [0.1, 0.15) is 11.5 Å². The highest BCUT2D eigenvalue weighted by atomic mass is 16.3. The van der Waals surface area contributed by atoms with Crippen molar-refractivity contribution in [1.82, 2.24) is 0 Å². The van der Waals surface area contributed by atoms with E-state index in [-0.39, 0.29) is 11.5 Å². The molecule has 0 aliphatic carbocycles. The number of nitrogen functional groups attached to an aromatic ring is 4. The van der Waals surface area contributed by atoms with E-state index in [1.807, 2.05) is 38.1 Å². The molecule has 0 spiro atoms. The number of phenolic OH excluding ortho intramolecular Hbond substituents is 2. The fourth-order valence-corrected chi connectivity index (χ4v) is 1.77. The molecule has 0 atom stereocenters. The van der Waals surface area contributed by atoms with Crippen LogP contribution >= 0.6 is 0 Å². The minimum absolute atomic E-state index is 0.169. The molecule has 0 aliphatic heterocycles. The van der Waals surface area contributed by atoms with Crippen LogP contribution in [0.5, 0.6) is 11.5 Å². The molecule has 0 saturated heterocycles. The van der Waals surface area contributed by atoms with Crippen molar-refractivity contribution < 1.29 is 10.2 Å². The molecule has 0 fully saturated rings. The molecule has 0 bridgehead atoms. The van der Waals surface area contributed by atoms with Crippen LogP contribution in [-0.4, -0.2) is 10.2 Å². The zero-order valence-corrected chi connectivity index (χ0v) is 15.0. The summed E-state index contributed by atoms with van der Waals surface area (Å²) in [7, 11) is 0. The van der Waals surface area contributed by atoms with Crippen molar-refractivity contribution in [3.63, 3.8) is 0 Å². The predicted octanol–water partition coefficient (Wildman–Crippen LogP) is 3.42. The van der Waals surface area contributed by atoms with Crippen LogP contribution in [0.2, 0.25) is 0 Å². The summed E-state index contributed by atoms with van der Waals surface area (Å²) in [6.45, 7) is 3.91. The summed E-state index contributed by atoms with van der Waals surface area (Å²) in [4.78, 5) is 0. The molecule has 3 aromatic rings. The molecule has 0 amide bonds. The highest BCUT2D eigenvalue weighted by Gasteiger charge is 1.91. The number of hydrogen-bond acceptors (Lipinski definition) is 6. The lowest BCUT2D eigenvalue weighted by Gasteiger charge is -1.98. The zero-order valence-electron chi connectivity index (χ0n) is 15.0. The maximum Gasteiger partial charge on any atom is 0.115 e. The summed E-state index contributed by atoms with van der Waals surface area (Å²) < 4.78 is 0. The number of rotatable bonds is 0. The Labute approximate surface area is 153 Å². The number of aryl methyl sites for hydroxylation is 2. The molecule has 138 valence electrons. The first-order chi connectivity index (χ1) is 12.2. The number of nitrogens with two attached hydrogens (primary N) is 4. The van der Waals surface area contributed by atoms with Crippen LogP contribution < -0.4 is 22.9 Å². The fourth-order valence-electron chi connectivity index (χ4n) is 1.77. The second kappa shape index (κ2) is 9.68. The monoisotopic (exact) mass is 354 g/mol. The van der Waals surface area contributed by atoms with Crippen LogP contribution in [0, 0.1) is 13.8 Å². The Hall–Kier alpha value is -3.54. The molecule has 6 nitrogen and oxygen atoms in total. The Balaban J connectivity index is 0.000000195. The normalized spacial score (nSPS) is 9.31. The number of hydrogen-bond donors (Lipinski definition) is 6. The van der Waals surface area contributed by atoms with Crippen LogP contribution in [0.4, 0.5) is 22.7 Å². The lowest BCUT2D eigenvalue weighted by Crippen LogP contribution is -1.91. The first kappa shape index (κ1) is 20.5. The first-order valence-electron chi connectivity index (χ1n) is 7.90. The standard InChI is InChI=1S/2C7H10N2.C6H6O2/c2*1-5-2-3-6(8)4-7(5)9;7-5-1-2-6(8)4-3-5/h2*2-4H,8-9H2,1H3;1-4,7-8H. The Bertz CT molecular complexity index is 763. The second-order valence-electron chi connectivity index (χ2n) is 5.75. The summed E-state index contributed by atoms with van der Waals surface area (Å²) in [6.07, 6.45) is 0. The summed E-state index contributed by atoms with van der Waals surface area (Å²) in [6, 6.07) is 16.7. The molecule has 0 aromatic heterocycles. The van der Waals surface area contributed by atoms with Gasteiger partial charge in [-0.3, -0.25) is 0 Å². The summed E-state index contributed by atoms with van der Waals surface area (Å²) >= 11 is 0. The SMILES string of the molecule is Cc1ccc(N)cc1N.Cc1ccc(N)cc1N.Oc1ccc(O)cc1. The van der Waals surface area contributed by atoms with Crippen molar-refractivity contribution in [2.45, 2.75) is 13.8 Å². The van der Waals surface area contributed by atoms with Crippen molar-refractivity contribution in [3.05, 3.63) is 71.8 Å². The lowest BCUT2D eigenvalue weighted by molar-refractivity contribution is 0.460. The molecule has 3 aromatic carbocycles. The lowest BCUT2D eigenvalue weighted by atomic mass is 10.2. The second-order valence-corrected chi connectivity index (χ2v) is 5.75. The number of aromatic hydroxyl groups is 2. The van der Waals surface area contributed by atoms with Gasteiger partial charge in [-0.15, -0.1) is 0 Å². The van der Waals surface area contributed by atoms with Gasteiger partial charge in [0.15, 0.2) is 0 Å². The third-order valence-corrected chi connectivity index (χ3v) is 3.46. The van der Waals surface area contributed by atoms with Gasteiger partial charge < -0.3 is 33.1 Å². The van der Waals surface area contributed by atoms with E-state index in [2.05, 4.69) is 0 Å². The molecule has 10 N–H and O–H groups in total. The maximum atomic E-state index is 8.65. The minimum Gasteiger partial charge on any atom is -0.508 e. The van der Waals surface area contributed by atoms with Crippen molar-refractivity contribution >= 4 is 22.7 Å². The molecule has 3 rings (SSSR count). The Morgan fingerprint density at radius 2 is 0.846 bits per heavy atom. The number of benzene rings is 3. The summed E-state index contributed by atoms with van der Waals surface area (Å²) in [5.41, 5.74) is 27.1. The molecular formula is C20H26N4O2. The largest absolute Gasteiger partial charge is 0.508 e. The highest BCUT2D eigenvalue weighted by Crippen LogP contribution is 2.14. The number of anilines is 4. The van der Waals surface area contributed by atoms with Gasteiger partial charge in [0, 0.05) is 22.7 Å². The first-order valence-corrected chi connectivity index (χ1v) is 7.90. The van der Waals surface area contributed by atoms with Gasteiger partial charge in [-0.25, -0.2) is 0 Å². The van der Waals surface area contributed by atoms with Crippen molar-refractivity contribution in [2.75, 3.05) is 22.9 Å². The molecule has 0 aliphatic rings. The number of phenols is 2. The van der Waals surface area contributed by atoms with Crippen LogP contribution in [0.25, 0.3) is 0 Å². The molecule has 6 heteroatoms. The third kappa shape index (κ3) is 7.35. The van der Waals surface area contributed by atoms with E-state index in [9.17, 15) is 0 Å². The quantitative estimate of drug-likeness (QED) is 0.269. The average molecular weight is 354 g/mol. The van der Waals surface area contributed by atoms with Gasteiger partial charge in [-0.05, 0) is 73.5 Å². The van der Waals surface area contributed by atoms with E-state index in [4.69, 9.17) is 33.1 Å². The van der Waals surface area contributed by atoms with Gasteiger partial charge in [-0.2, -0.15) is 0 Å². The van der Waals surface area contributed by atoms with E-state index >= 15 is 0 Å². The molecular weight excluding hydrogens is 328 g/mol. The highest BCUT2D eigenvalue weighted by molar-refractivity contribution is 5.56. The topological polar surface area (TPSA) is 145 Å². The summed E-state index contributed by atoms with van der Waals surface area (Å²) in [5.74, 6) is 0.339. The van der Waals surface area contributed by atoms with Crippen LogP contribution in [-0.2, 0) is 0 Å². The van der Waals surface area contributed by atoms with E-state index in [0.29, 0.717) is 0 Å². The Morgan fingerprint density at radius 3 is 1.08 bits per heavy atom. The molecule has 0 heterocycles. The molecule has 0 saturated carbocycles. The molecule has 26 heavy (non-hydrogen) atoms. The van der Waals surface area contributed by atoms with Gasteiger partial charge in [0.2, 0.25) is 0 Å². The van der Waals surface area contributed by atoms with E-state index in [1.165, 1.54) is 24.3 Å². The predicted molar refractivity (Wildman–Crippen MR) is 110 cm³/mol. The molecule has 0 radical (unpaired) electrons. The van der Waals surface area contributed by atoms with Gasteiger partial charge >= 0.3 is 0 Å². The van der Waals surface area contributed by atoms with Gasteiger partial charge in [0.25, 0.3) is 0 Å². The Kier molecular flexibility index (Phi) is 7.64. The Morgan fingerprint density at radius 1 is 0.538 bits per heavy atom. The van der Waals surface area contributed by atoms with Crippen LogP contribution in [0.3, 0.4) is 0 Å². The smallest absolute Gasteiger partial charge is 0.115 e. The fraction of sp³-hybridized carbons (Fsp3) is 0.100. The third-order valence-electron chi connectivity index (χ3n) is 3.46. The van der Waals surface area contributed by atoms with Crippen molar-refractivity contribution in [2.24, 2.45) is 0 Å². The minimum atomic E-state index is 0.169. The van der Waals surface area contributed by atoms with E-state index < -0.39 is 0 Å². The van der Waals surface area contributed by atoms with Crippen molar-refractivity contribution in [3.8, 4) is 11.5 Å². The molecule has 0 unspecified atom stereocenters. The summed E-state index contributed by atoms with van der Waals surface area (Å²) in [5, 5.41) is 17.3. The van der Waals surface area contributed by atoms with Crippen molar-refractivity contribution in [1.29, 1.82) is 0 Å². The van der Waals surface area contributed by atoms with E-state index in [1.54, 1.807) is 12.1 Å². The van der Waals surface area contributed by atoms with Gasteiger partial charge in [-0.1, -0.05) is 12.1 Å². The zero-order chi connectivity index (χ0) is 19.7.